The van der Waals surface area contributed by atoms with Crippen LogP contribution in [0.4, 0.5) is 0 Å². The molecule has 0 saturated heterocycles. The van der Waals surface area contributed by atoms with Gasteiger partial charge in [0.15, 0.2) is 11.5 Å². The van der Waals surface area contributed by atoms with Crippen LogP contribution in [0.3, 0.4) is 0 Å². The zero-order valence-corrected chi connectivity index (χ0v) is 20.5. The van der Waals surface area contributed by atoms with E-state index >= 15 is 0 Å². The van der Waals surface area contributed by atoms with Crippen LogP contribution >= 0.6 is 34.8 Å². The van der Waals surface area contributed by atoms with Gasteiger partial charge in [0, 0.05) is 19.6 Å². The van der Waals surface area contributed by atoms with Crippen molar-refractivity contribution >= 4 is 44.8 Å². The van der Waals surface area contributed by atoms with Crippen LogP contribution in [0, 0.1) is 0 Å². The van der Waals surface area contributed by atoms with Crippen molar-refractivity contribution in [2.24, 2.45) is 0 Å². The lowest BCUT2D eigenvalue weighted by Crippen LogP contribution is -2.32. The standard InChI is InChI=1S/C21H25Cl3N2O4S/c1-29-19-9-14-5-8-26(13-15(14)10-20(19)30-2)7-4-3-6-25-31(27,28)21-12-17(23)16(22)11-18(21)24/h9-12,25H,3-8,13H2,1-2H3. The summed E-state index contributed by atoms with van der Waals surface area (Å²) in [5.41, 5.74) is 2.51. The summed E-state index contributed by atoms with van der Waals surface area (Å²) in [6.07, 6.45) is 2.51. The van der Waals surface area contributed by atoms with Gasteiger partial charge in [-0.2, -0.15) is 0 Å². The Bertz CT molecular complexity index is 1050. The number of ether oxygens (including phenoxy) is 2. The minimum absolute atomic E-state index is 0.0425. The van der Waals surface area contributed by atoms with E-state index in [9.17, 15) is 8.42 Å². The van der Waals surface area contributed by atoms with E-state index < -0.39 is 10.0 Å². The summed E-state index contributed by atoms with van der Waals surface area (Å²) in [5.74, 6) is 1.49. The third-order valence-electron chi connectivity index (χ3n) is 5.25. The molecule has 1 N–H and O–H groups in total. The summed E-state index contributed by atoms with van der Waals surface area (Å²) in [6.45, 7) is 2.98. The largest absolute Gasteiger partial charge is 0.493 e. The molecule has 31 heavy (non-hydrogen) atoms. The predicted molar refractivity (Wildman–Crippen MR) is 124 cm³/mol. The fourth-order valence-corrected chi connectivity index (χ4v) is 5.66. The first-order valence-corrected chi connectivity index (χ1v) is 12.5. The highest BCUT2D eigenvalue weighted by Crippen LogP contribution is 2.33. The number of hydrogen-bond donors (Lipinski definition) is 1. The second-order valence-corrected chi connectivity index (χ2v) is 10.3. The molecule has 0 bridgehead atoms. The number of nitrogens with zero attached hydrogens (tertiary/aromatic N) is 1. The molecule has 0 radical (unpaired) electrons. The molecule has 0 saturated carbocycles. The van der Waals surface area contributed by atoms with Crippen LogP contribution in [-0.4, -0.2) is 47.2 Å². The Labute approximate surface area is 198 Å². The Hall–Kier alpha value is -1.22. The van der Waals surface area contributed by atoms with Gasteiger partial charge in [-0.25, -0.2) is 13.1 Å². The van der Waals surface area contributed by atoms with Crippen molar-refractivity contribution < 1.29 is 17.9 Å². The Kier molecular flexibility index (Phi) is 8.35. The highest BCUT2D eigenvalue weighted by atomic mass is 35.5. The normalized spacial score (nSPS) is 14.4. The van der Waals surface area contributed by atoms with E-state index in [0.717, 1.165) is 44.0 Å². The van der Waals surface area contributed by atoms with E-state index in [4.69, 9.17) is 44.3 Å². The molecular weight excluding hydrogens is 483 g/mol. The zero-order valence-electron chi connectivity index (χ0n) is 17.4. The number of rotatable bonds is 9. The number of unbranched alkanes of at least 4 members (excludes halogenated alkanes) is 1. The lowest BCUT2D eigenvalue weighted by molar-refractivity contribution is 0.248. The maximum absolute atomic E-state index is 12.5. The maximum atomic E-state index is 12.5. The van der Waals surface area contributed by atoms with Crippen LogP contribution < -0.4 is 14.2 Å². The third kappa shape index (κ3) is 5.97. The summed E-state index contributed by atoms with van der Waals surface area (Å²) in [5, 5.41) is 0.400. The molecule has 2 aromatic rings. The van der Waals surface area contributed by atoms with Gasteiger partial charge in [-0.1, -0.05) is 34.8 Å². The van der Waals surface area contributed by atoms with Gasteiger partial charge in [-0.3, -0.25) is 4.90 Å². The van der Waals surface area contributed by atoms with Gasteiger partial charge in [-0.05, 0) is 61.2 Å². The quantitative estimate of drug-likeness (QED) is 0.391. The number of nitrogens with one attached hydrogen (secondary N) is 1. The van der Waals surface area contributed by atoms with Crippen molar-refractivity contribution in [1.82, 2.24) is 9.62 Å². The average Bonchev–Trinajstić information content (AvgIpc) is 2.74. The number of sulfonamides is 1. The van der Waals surface area contributed by atoms with Crippen molar-refractivity contribution in [2.75, 3.05) is 33.9 Å². The summed E-state index contributed by atoms with van der Waals surface area (Å²) in [7, 11) is -0.476. The van der Waals surface area contributed by atoms with E-state index in [1.807, 2.05) is 6.07 Å². The molecule has 0 aromatic heterocycles. The molecule has 2 aromatic carbocycles. The first kappa shape index (κ1) is 24.4. The van der Waals surface area contributed by atoms with Gasteiger partial charge in [0.25, 0.3) is 0 Å². The van der Waals surface area contributed by atoms with Crippen molar-refractivity contribution in [3.8, 4) is 11.5 Å². The van der Waals surface area contributed by atoms with Gasteiger partial charge in [0.2, 0.25) is 10.0 Å². The third-order valence-corrected chi connectivity index (χ3v) is 7.90. The zero-order chi connectivity index (χ0) is 22.6. The molecule has 0 spiro atoms. The van der Waals surface area contributed by atoms with Crippen molar-refractivity contribution in [3.05, 3.63) is 50.5 Å². The topological polar surface area (TPSA) is 67.9 Å². The fourth-order valence-electron chi connectivity index (χ4n) is 3.59. The van der Waals surface area contributed by atoms with Gasteiger partial charge in [0.1, 0.15) is 4.90 Å². The number of fused-ring (bicyclic) bond motifs is 1. The fraction of sp³-hybridized carbons (Fsp3) is 0.429. The molecule has 1 aliphatic rings. The number of halogens is 3. The van der Waals surface area contributed by atoms with Crippen molar-refractivity contribution in [3.63, 3.8) is 0 Å². The van der Waals surface area contributed by atoms with Crippen molar-refractivity contribution in [1.29, 1.82) is 0 Å². The van der Waals surface area contributed by atoms with Crippen molar-refractivity contribution in [2.45, 2.75) is 30.7 Å². The first-order valence-electron chi connectivity index (χ1n) is 9.85. The van der Waals surface area contributed by atoms with Gasteiger partial charge < -0.3 is 9.47 Å². The smallest absolute Gasteiger partial charge is 0.242 e. The Morgan fingerprint density at radius 3 is 2.26 bits per heavy atom. The minimum Gasteiger partial charge on any atom is -0.493 e. The minimum atomic E-state index is -3.75. The average molecular weight is 508 g/mol. The summed E-state index contributed by atoms with van der Waals surface area (Å²) in [6, 6.07) is 6.69. The lowest BCUT2D eigenvalue weighted by atomic mass is 9.98. The second kappa shape index (κ2) is 10.6. The molecule has 6 nitrogen and oxygen atoms in total. The second-order valence-electron chi connectivity index (χ2n) is 7.30. The highest BCUT2D eigenvalue weighted by Gasteiger charge is 2.21. The molecule has 3 rings (SSSR count). The molecular formula is C21H25Cl3N2O4S. The van der Waals surface area contributed by atoms with E-state index in [1.54, 1.807) is 14.2 Å². The van der Waals surface area contributed by atoms with Gasteiger partial charge in [0.05, 0.1) is 29.3 Å². The van der Waals surface area contributed by atoms with Crippen LogP contribution in [0.1, 0.15) is 24.0 Å². The van der Waals surface area contributed by atoms with E-state index in [0.29, 0.717) is 13.0 Å². The summed E-state index contributed by atoms with van der Waals surface area (Å²) in [4.78, 5) is 2.29. The molecule has 170 valence electrons. The number of hydrogen-bond acceptors (Lipinski definition) is 5. The Morgan fingerprint density at radius 1 is 0.935 bits per heavy atom. The van der Waals surface area contributed by atoms with E-state index in [-0.39, 0.29) is 20.0 Å². The summed E-state index contributed by atoms with van der Waals surface area (Å²) >= 11 is 17.8. The van der Waals surface area contributed by atoms with Crippen LogP contribution in [-0.2, 0) is 23.0 Å². The molecule has 10 heteroatoms. The lowest BCUT2D eigenvalue weighted by Gasteiger charge is -2.29. The molecule has 1 aliphatic heterocycles. The molecule has 0 amide bonds. The first-order chi connectivity index (χ1) is 14.7. The van der Waals surface area contributed by atoms with Crippen LogP contribution in [0.2, 0.25) is 15.1 Å². The molecule has 0 aliphatic carbocycles. The van der Waals surface area contributed by atoms with Crippen LogP contribution in [0.5, 0.6) is 11.5 Å². The molecule has 0 atom stereocenters. The van der Waals surface area contributed by atoms with Crippen LogP contribution in [0.15, 0.2) is 29.2 Å². The maximum Gasteiger partial charge on any atom is 0.242 e. The molecule has 0 unspecified atom stereocenters. The molecule has 1 heterocycles. The van der Waals surface area contributed by atoms with E-state index in [1.165, 1.54) is 23.3 Å². The monoisotopic (exact) mass is 506 g/mol. The summed E-state index contributed by atoms with van der Waals surface area (Å²) < 4.78 is 38.4. The van der Waals surface area contributed by atoms with Gasteiger partial charge >= 0.3 is 0 Å². The van der Waals surface area contributed by atoms with Gasteiger partial charge in [-0.15, -0.1) is 0 Å². The Balaban J connectivity index is 1.49. The number of benzene rings is 2. The SMILES string of the molecule is COc1cc2c(cc1OC)CN(CCCCNS(=O)(=O)c1cc(Cl)c(Cl)cc1Cl)CC2. The van der Waals surface area contributed by atoms with E-state index in [2.05, 4.69) is 15.7 Å². The Morgan fingerprint density at radius 2 is 1.58 bits per heavy atom. The highest BCUT2D eigenvalue weighted by molar-refractivity contribution is 7.89. The number of methoxy groups -OCH3 is 2. The molecule has 0 fully saturated rings. The van der Waals surface area contributed by atoms with Crippen LogP contribution in [0.25, 0.3) is 0 Å². The predicted octanol–water partition coefficient (Wildman–Crippen LogP) is 4.78.